The van der Waals surface area contributed by atoms with Crippen LogP contribution in [0.2, 0.25) is 5.02 Å². The van der Waals surface area contributed by atoms with Gasteiger partial charge in [-0.25, -0.2) is 0 Å². The number of nitrogens with zero attached hydrogens (tertiary/aromatic N) is 1. The number of rotatable bonds is 5. The van der Waals surface area contributed by atoms with Crippen LogP contribution in [0.1, 0.15) is 11.1 Å². The normalized spacial score (nSPS) is 15.8. The van der Waals surface area contributed by atoms with Gasteiger partial charge in [-0.1, -0.05) is 48.0 Å². The van der Waals surface area contributed by atoms with Gasteiger partial charge in [0.05, 0.1) is 23.8 Å². The van der Waals surface area contributed by atoms with E-state index in [9.17, 15) is 9.59 Å². The summed E-state index contributed by atoms with van der Waals surface area (Å²) in [7, 11) is 1.66. The highest BCUT2D eigenvalue weighted by molar-refractivity contribution is 6.33. The molecule has 0 fully saturated rings. The van der Waals surface area contributed by atoms with Gasteiger partial charge in [0.2, 0.25) is 5.91 Å². The molecule has 2 aromatic rings. The highest BCUT2D eigenvalue weighted by atomic mass is 35.5. The van der Waals surface area contributed by atoms with Crippen molar-refractivity contribution >= 4 is 29.1 Å². The lowest BCUT2D eigenvalue weighted by Gasteiger charge is -2.27. The zero-order chi connectivity index (χ0) is 18.5. The molecular weight excluding hydrogens is 350 g/mol. The number of hydrogen-bond acceptors (Lipinski definition) is 2. The van der Waals surface area contributed by atoms with Crippen LogP contribution in [0.15, 0.2) is 48.5 Å². The van der Waals surface area contributed by atoms with E-state index in [-0.39, 0.29) is 18.4 Å². The molecule has 3 rings (SSSR count). The number of nitrogens with one attached hydrogen (secondary N) is 2. The molecule has 1 heterocycles. The summed E-state index contributed by atoms with van der Waals surface area (Å²) in [5.41, 5.74) is 3.23. The largest absolute Gasteiger partial charge is 0.332 e. The number of anilines is 1. The summed E-state index contributed by atoms with van der Waals surface area (Å²) < 4.78 is 0. The van der Waals surface area contributed by atoms with Crippen LogP contribution < -0.4 is 10.2 Å². The minimum absolute atomic E-state index is 0.00786. The predicted octanol–water partition coefficient (Wildman–Crippen LogP) is 1.38. The average Bonchev–Trinajstić information content (AvgIpc) is 2.63. The number of likely N-dealkylation sites (N-methyl/N-ethyl adjacent to an activating group) is 1. The van der Waals surface area contributed by atoms with Crippen LogP contribution in [0, 0.1) is 0 Å². The number of benzene rings is 2. The molecular formula is C20H23ClN3O2+. The second-order valence-corrected chi connectivity index (χ2v) is 7.06. The van der Waals surface area contributed by atoms with Crippen molar-refractivity contribution in [2.45, 2.75) is 13.0 Å². The van der Waals surface area contributed by atoms with Crippen molar-refractivity contribution in [3.63, 3.8) is 0 Å². The lowest BCUT2D eigenvalue weighted by molar-refractivity contribution is -0.908. The Labute approximate surface area is 158 Å². The van der Waals surface area contributed by atoms with Crippen LogP contribution in [-0.4, -0.2) is 43.4 Å². The molecule has 5 nitrogen and oxygen atoms in total. The first kappa shape index (κ1) is 18.4. The summed E-state index contributed by atoms with van der Waals surface area (Å²) in [6.07, 6.45) is 0.982. The van der Waals surface area contributed by atoms with E-state index in [1.54, 1.807) is 31.3 Å². The SMILES string of the molecule is CN(CC(=O)Nc1ccccc1Cl)C(=O)C[NH+]1CCc2ccccc2C1. The lowest BCUT2D eigenvalue weighted by atomic mass is 10.00. The molecule has 136 valence electrons. The third-order valence-electron chi connectivity index (χ3n) is 4.66. The number of carbonyl (C=O) groups is 2. The molecule has 6 heteroatoms. The number of para-hydroxylation sites is 1. The maximum Gasteiger partial charge on any atom is 0.277 e. The Hall–Kier alpha value is -2.37. The van der Waals surface area contributed by atoms with E-state index in [4.69, 9.17) is 11.6 Å². The van der Waals surface area contributed by atoms with Gasteiger partial charge in [-0.05, 0) is 17.7 Å². The number of carbonyl (C=O) groups excluding carboxylic acids is 2. The zero-order valence-corrected chi connectivity index (χ0v) is 15.6. The van der Waals surface area contributed by atoms with Crippen LogP contribution in [0.25, 0.3) is 0 Å². The van der Waals surface area contributed by atoms with Crippen LogP contribution in [0.3, 0.4) is 0 Å². The van der Waals surface area contributed by atoms with Gasteiger partial charge in [-0.15, -0.1) is 0 Å². The quantitative estimate of drug-likeness (QED) is 0.833. The highest BCUT2D eigenvalue weighted by Crippen LogP contribution is 2.20. The monoisotopic (exact) mass is 372 g/mol. The van der Waals surface area contributed by atoms with Gasteiger partial charge in [-0.2, -0.15) is 0 Å². The van der Waals surface area contributed by atoms with Crippen molar-refractivity contribution in [3.8, 4) is 0 Å². The predicted molar refractivity (Wildman–Crippen MR) is 102 cm³/mol. The van der Waals surface area contributed by atoms with Crippen LogP contribution in [0.5, 0.6) is 0 Å². The van der Waals surface area contributed by atoms with Crippen molar-refractivity contribution in [1.29, 1.82) is 0 Å². The molecule has 2 aromatic carbocycles. The molecule has 1 unspecified atom stereocenters. The molecule has 0 saturated carbocycles. The van der Waals surface area contributed by atoms with Gasteiger partial charge in [-0.3, -0.25) is 9.59 Å². The van der Waals surface area contributed by atoms with Crippen LogP contribution in [0.4, 0.5) is 5.69 Å². The summed E-state index contributed by atoms with van der Waals surface area (Å²) in [6.45, 7) is 2.18. The van der Waals surface area contributed by atoms with E-state index in [0.29, 0.717) is 17.3 Å². The van der Waals surface area contributed by atoms with Gasteiger partial charge in [0.15, 0.2) is 6.54 Å². The van der Waals surface area contributed by atoms with Gasteiger partial charge < -0.3 is 15.1 Å². The zero-order valence-electron chi connectivity index (χ0n) is 14.8. The van der Waals surface area contributed by atoms with Crippen molar-refractivity contribution in [2.75, 3.05) is 32.0 Å². The van der Waals surface area contributed by atoms with Crippen LogP contribution >= 0.6 is 11.6 Å². The molecule has 0 radical (unpaired) electrons. The van der Waals surface area contributed by atoms with Crippen molar-refractivity contribution in [3.05, 3.63) is 64.7 Å². The van der Waals surface area contributed by atoms with Crippen molar-refractivity contribution < 1.29 is 14.5 Å². The third-order valence-corrected chi connectivity index (χ3v) is 4.99. The third kappa shape index (κ3) is 4.62. The minimum atomic E-state index is -0.257. The summed E-state index contributed by atoms with van der Waals surface area (Å²) in [5.74, 6) is -0.290. The minimum Gasteiger partial charge on any atom is -0.332 e. The van der Waals surface area contributed by atoms with Gasteiger partial charge in [0.25, 0.3) is 5.91 Å². The fraction of sp³-hybridized carbons (Fsp3) is 0.300. The molecule has 2 amide bonds. The van der Waals surface area contributed by atoms with E-state index in [1.807, 2.05) is 6.07 Å². The Balaban J connectivity index is 1.50. The van der Waals surface area contributed by atoms with E-state index in [1.165, 1.54) is 20.9 Å². The maximum absolute atomic E-state index is 12.5. The summed E-state index contributed by atoms with van der Waals surface area (Å²) in [4.78, 5) is 27.3. The Morgan fingerprint density at radius 3 is 2.58 bits per heavy atom. The van der Waals surface area contributed by atoms with Crippen molar-refractivity contribution in [2.24, 2.45) is 0 Å². The first-order valence-corrected chi connectivity index (χ1v) is 9.09. The molecule has 1 aliphatic rings. The molecule has 1 atom stereocenters. The van der Waals surface area contributed by atoms with E-state index in [0.717, 1.165) is 19.5 Å². The fourth-order valence-corrected chi connectivity index (χ4v) is 3.38. The second-order valence-electron chi connectivity index (χ2n) is 6.65. The number of halogens is 1. The standard InChI is InChI=1S/C20H22ClN3O2/c1-23(13-19(25)22-18-9-5-4-8-17(18)21)20(26)14-24-11-10-15-6-2-3-7-16(15)12-24/h2-9H,10-14H2,1H3,(H,22,25)/p+1. The Bertz CT molecular complexity index is 809. The number of hydrogen-bond donors (Lipinski definition) is 2. The molecule has 0 aliphatic carbocycles. The number of fused-ring (bicyclic) bond motifs is 1. The van der Waals surface area contributed by atoms with Crippen LogP contribution in [-0.2, 0) is 22.6 Å². The van der Waals surface area contributed by atoms with Gasteiger partial charge in [0.1, 0.15) is 6.54 Å². The van der Waals surface area contributed by atoms with Gasteiger partial charge in [0, 0.05) is 19.0 Å². The second kappa shape index (κ2) is 8.34. The van der Waals surface area contributed by atoms with E-state index >= 15 is 0 Å². The smallest absolute Gasteiger partial charge is 0.277 e. The molecule has 26 heavy (non-hydrogen) atoms. The molecule has 0 spiro atoms. The first-order valence-electron chi connectivity index (χ1n) is 8.71. The Morgan fingerprint density at radius 1 is 1.12 bits per heavy atom. The maximum atomic E-state index is 12.5. The average molecular weight is 373 g/mol. The summed E-state index contributed by atoms with van der Waals surface area (Å²) >= 11 is 6.04. The summed E-state index contributed by atoms with van der Waals surface area (Å²) in [5, 5.41) is 3.22. The molecule has 0 saturated heterocycles. The van der Waals surface area contributed by atoms with E-state index < -0.39 is 0 Å². The molecule has 2 N–H and O–H groups in total. The van der Waals surface area contributed by atoms with Gasteiger partial charge >= 0.3 is 0 Å². The molecule has 0 bridgehead atoms. The molecule has 1 aliphatic heterocycles. The number of amides is 2. The Kier molecular flexibility index (Phi) is 5.91. The Morgan fingerprint density at radius 2 is 1.81 bits per heavy atom. The topological polar surface area (TPSA) is 53.9 Å². The lowest BCUT2D eigenvalue weighted by Crippen LogP contribution is -3.12. The summed E-state index contributed by atoms with van der Waals surface area (Å²) in [6, 6.07) is 15.4. The van der Waals surface area contributed by atoms with E-state index in [2.05, 4.69) is 23.5 Å². The fourth-order valence-electron chi connectivity index (χ4n) is 3.20. The highest BCUT2D eigenvalue weighted by Gasteiger charge is 2.23. The van der Waals surface area contributed by atoms with Crippen molar-refractivity contribution in [1.82, 2.24) is 4.90 Å². The molecule has 0 aromatic heterocycles. The first-order chi connectivity index (χ1) is 12.5. The number of quaternary nitrogens is 1.